The van der Waals surface area contributed by atoms with Gasteiger partial charge in [0, 0.05) is 5.56 Å². The fraction of sp³-hybridized carbons (Fsp3) is 0.0909. The van der Waals surface area contributed by atoms with Gasteiger partial charge in [0.15, 0.2) is 11.5 Å². The number of fused-ring (bicyclic) bond motifs is 1. The highest BCUT2D eigenvalue weighted by Crippen LogP contribution is 2.30. The van der Waals surface area contributed by atoms with Crippen LogP contribution in [0.4, 0.5) is 11.4 Å². The number of phenols is 1. The Labute approximate surface area is 172 Å². The second-order valence-electron chi connectivity index (χ2n) is 6.38. The molecule has 3 aromatic rings. The number of aromatic hydroxyl groups is 1. The quantitative estimate of drug-likeness (QED) is 0.381. The molecule has 0 radical (unpaired) electrons. The van der Waals surface area contributed by atoms with Gasteiger partial charge in [0.1, 0.15) is 12.4 Å². The lowest BCUT2D eigenvalue weighted by atomic mass is 10.2. The van der Waals surface area contributed by atoms with E-state index in [2.05, 4.69) is 20.8 Å². The van der Waals surface area contributed by atoms with E-state index in [4.69, 9.17) is 9.47 Å². The lowest BCUT2D eigenvalue weighted by molar-refractivity contribution is -0.130. The van der Waals surface area contributed by atoms with E-state index >= 15 is 0 Å². The molecule has 0 aromatic heterocycles. The summed E-state index contributed by atoms with van der Waals surface area (Å²) in [5, 5.41) is 22.2. The normalized spacial score (nSPS) is 15.4. The average molecular weight is 402 g/mol. The number of phenolic OH excluding ortho intramolecular Hbond substituents is 1. The molecule has 1 unspecified atom stereocenters. The number of nitrogens with zero attached hydrogens (tertiary/aromatic N) is 3. The second-order valence-corrected chi connectivity index (χ2v) is 6.38. The van der Waals surface area contributed by atoms with E-state index in [1.165, 1.54) is 12.3 Å². The third-order valence-corrected chi connectivity index (χ3v) is 4.23. The van der Waals surface area contributed by atoms with Crippen LogP contribution in [0.3, 0.4) is 0 Å². The number of rotatable bonds is 5. The van der Waals surface area contributed by atoms with Gasteiger partial charge in [-0.1, -0.05) is 30.3 Å². The van der Waals surface area contributed by atoms with Gasteiger partial charge in [-0.05, 0) is 42.5 Å². The minimum absolute atomic E-state index is 0.00200. The average Bonchev–Trinajstić information content (AvgIpc) is 2.79. The molecule has 0 aliphatic carbocycles. The van der Waals surface area contributed by atoms with E-state index in [0.717, 1.165) is 0 Å². The Morgan fingerprint density at radius 2 is 1.70 bits per heavy atom. The number of nitrogens with one attached hydrogen (secondary N) is 1. The lowest BCUT2D eigenvalue weighted by Gasteiger charge is -2.24. The Kier molecular flexibility index (Phi) is 5.66. The highest BCUT2D eigenvalue weighted by atomic mass is 16.6. The topological polar surface area (TPSA) is 105 Å². The summed E-state index contributed by atoms with van der Waals surface area (Å²) in [5.74, 6) is 0.636. The summed E-state index contributed by atoms with van der Waals surface area (Å²) in [5.41, 5.74) is 4.02. The van der Waals surface area contributed by atoms with Gasteiger partial charge in [-0.25, -0.2) is 5.43 Å². The van der Waals surface area contributed by atoms with Gasteiger partial charge in [0.05, 0.1) is 17.6 Å². The summed E-state index contributed by atoms with van der Waals surface area (Å²) < 4.78 is 11.1. The molecule has 0 saturated carbocycles. The van der Waals surface area contributed by atoms with Crippen LogP contribution in [0.1, 0.15) is 5.56 Å². The van der Waals surface area contributed by atoms with Crippen molar-refractivity contribution in [3.05, 3.63) is 78.4 Å². The van der Waals surface area contributed by atoms with Crippen LogP contribution in [0.25, 0.3) is 0 Å². The smallest absolute Gasteiger partial charge is 0.284 e. The molecule has 0 fully saturated rings. The molecule has 150 valence electrons. The molecular weight excluding hydrogens is 384 g/mol. The van der Waals surface area contributed by atoms with Crippen molar-refractivity contribution in [1.82, 2.24) is 5.43 Å². The molecule has 1 aliphatic heterocycles. The number of carbonyl (C=O) groups excluding carboxylic acids is 1. The lowest BCUT2D eigenvalue weighted by Crippen LogP contribution is -2.42. The zero-order chi connectivity index (χ0) is 20.8. The minimum Gasteiger partial charge on any atom is -0.507 e. The van der Waals surface area contributed by atoms with Gasteiger partial charge < -0.3 is 14.6 Å². The number of benzene rings is 3. The van der Waals surface area contributed by atoms with Crippen LogP contribution in [-0.2, 0) is 4.79 Å². The monoisotopic (exact) mass is 402 g/mol. The predicted octanol–water partition coefficient (Wildman–Crippen LogP) is 4.10. The Hall–Kier alpha value is -4.20. The standard InChI is InChI=1S/C22H18N4O4/c27-18-11-10-17(25-24-16-6-2-1-3-7-16)12-15(18)13-23-26-22(28)21-14-29-19-8-4-5-9-20(19)30-21/h1-13,21,27H,14H2,(H,26,28). The fourth-order valence-electron chi connectivity index (χ4n) is 2.70. The highest BCUT2D eigenvalue weighted by Gasteiger charge is 2.26. The number of hydrazone groups is 1. The van der Waals surface area contributed by atoms with Gasteiger partial charge >= 0.3 is 0 Å². The Balaban J connectivity index is 1.39. The number of para-hydroxylation sites is 2. The minimum atomic E-state index is -0.823. The van der Waals surface area contributed by atoms with Crippen molar-refractivity contribution < 1.29 is 19.4 Å². The van der Waals surface area contributed by atoms with Crippen LogP contribution in [0, 0.1) is 0 Å². The van der Waals surface area contributed by atoms with E-state index in [1.807, 2.05) is 36.4 Å². The SMILES string of the molecule is O=C(NN=Cc1cc(N=Nc2ccccc2)ccc1O)C1COc2ccccc2O1. The van der Waals surface area contributed by atoms with Crippen LogP contribution in [-0.4, -0.2) is 29.9 Å². The van der Waals surface area contributed by atoms with Crippen molar-refractivity contribution in [3.63, 3.8) is 0 Å². The summed E-state index contributed by atoms with van der Waals surface area (Å²) in [6.45, 7) is 0.0823. The molecule has 4 rings (SSSR count). The van der Waals surface area contributed by atoms with Gasteiger partial charge in [-0.3, -0.25) is 4.79 Å². The third kappa shape index (κ3) is 4.61. The van der Waals surface area contributed by atoms with E-state index < -0.39 is 12.0 Å². The fourth-order valence-corrected chi connectivity index (χ4v) is 2.70. The zero-order valence-electron chi connectivity index (χ0n) is 15.8. The van der Waals surface area contributed by atoms with Crippen LogP contribution in [0.5, 0.6) is 17.2 Å². The van der Waals surface area contributed by atoms with Gasteiger partial charge in [0.25, 0.3) is 5.91 Å². The maximum absolute atomic E-state index is 12.3. The Bertz CT molecular complexity index is 1100. The summed E-state index contributed by atoms with van der Waals surface area (Å²) in [6, 6.07) is 21.1. The first-order valence-corrected chi connectivity index (χ1v) is 9.20. The summed E-state index contributed by atoms with van der Waals surface area (Å²) in [7, 11) is 0. The van der Waals surface area contributed by atoms with E-state index in [1.54, 1.807) is 30.3 Å². The Morgan fingerprint density at radius 3 is 2.53 bits per heavy atom. The third-order valence-electron chi connectivity index (χ3n) is 4.23. The van der Waals surface area contributed by atoms with Crippen molar-refractivity contribution >= 4 is 23.5 Å². The zero-order valence-corrected chi connectivity index (χ0v) is 15.8. The molecule has 2 N–H and O–H groups in total. The van der Waals surface area contributed by atoms with E-state index in [-0.39, 0.29) is 12.4 Å². The molecule has 3 aromatic carbocycles. The molecule has 1 atom stereocenters. The maximum Gasteiger partial charge on any atom is 0.284 e. The largest absolute Gasteiger partial charge is 0.507 e. The molecule has 8 nitrogen and oxygen atoms in total. The Morgan fingerprint density at radius 1 is 0.967 bits per heavy atom. The van der Waals surface area contributed by atoms with Crippen molar-refractivity contribution in [2.45, 2.75) is 6.10 Å². The summed E-state index contributed by atoms with van der Waals surface area (Å²) in [4.78, 5) is 12.3. The molecule has 1 aliphatic rings. The first-order chi connectivity index (χ1) is 14.7. The van der Waals surface area contributed by atoms with Crippen molar-refractivity contribution in [2.75, 3.05) is 6.61 Å². The number of hydrogen-bond donors (Lipinski definition) is 2. The van der Waals surface area contributed by atoms with Crippen LogP contribution in [0.2, 0.25) is 0 Å². The van der Waals surface area contributed by atoms with Crippen molar-refractivity contribution in [1.29, 1.82) is 0 Å². The first kappa shape index (κ1) is 19.1. The van der Waals surface area contributed by atoms with Crippen molar-refractivity contribution in [3.8, 4) is 17.2 Å². The molecule has 1 amide bonds. The van der Waals surface area contributed by atoms with E-state index in [9.17, 15) is 9.90 Å². The molecule has 0 saturated heterocycles. The number of amides is 1. The number of ether oxygens (including phenoxy) is 2. The molecule has 8 heteroatoms. The molecule has 30 heavy (non-hydrogen) atoms. The number of hydrogen-bond acceptors (Lipinski definition) is 7. The molecule has 0 spiro atoms. The van der Waals surface area contributed by atoms with Gasteiger partial charge in [-0.2, -0.15) is 15.3 Å². The first-order valence-electron chi connectivity index (χ1n) is 9.20. The molecular formula is C22H18N4O4. The number of azo groups is 1. The van der Waals surface area contributed by atoms with Crippen LogP contribution >= 0.6 is 0 Å². The highest BCUT2D eigenvalue weighted by molar-refractivity contribution is 5.87. The van der Waals surface area contributed by atoms with E-state index in [0.29, 0.717) is 28.4 Å². The van der Waals surface area contributed by atoms with Crippen LogP contribution in [0.15, 0.2) is 88.1 Å². The summed E-state index contributed by atoms with van der Waals surface area (Å²) >= 11 is 0. The molecule has 1 heterocycles. The number of carbonyl (C=O) groups is 1. The second kappa shape index (κ2) is 8.87. The molecule has 0 bridgehead atoms. The predicted molar refractivity (Wildman–Crippen MR) is 111 cm³/mol. The van der Waals surface area contributed by atoms with Crippen LogP contribution < -0.4 is 14.9 Å². The maximum atomic E-state index is 12.3. The van der Waals surface area contributed by atoms with Crippen molar-refractivity contribution in [2.24, 2.45) is 15.3 Å². The summed E-state index contributed by atoms with van der Waals surface area (Å²) in [6.07, 6.45) is 0.503. The van der Waals surface area contributed by atoms with Gasteiger partial charge in [0.2, 0.25) is 6.10 Å². The van der Waals surface area contributed by atoms with Gasteiger partial charge in [-0.15, -0.1) is 0 Å².